The summed E-state index contributed by atoms with van der Waals surface area (Å²) in [7, 11) is 0. The van der Waals surface area contributed by atoms with Crippen molar-refractivity contribution < 1.29 is 13.6 Å². The second-order valence-corrected chi connectivity index (χ2v) is 7.70. The second-order valence-electron chi connectivity index (χ2n) is 5.45. The van der Waals surface area contributed by atoms with Crippen LogP contribution in [-0.4, -0.2) is 21.1 Å². The summed E-state index contributed by atoms with van der Waals surface area (Å²) in [6, 6.07) is 11.1. The smallest absolute Gasteiger partial charge is 0.237 e. The maximum atomic E-state index is 13.6. The van der Waals surface area contributed by atoms with Gasteiger partial charge in [0.2, 0.25) is 5.91 Å². The summed E-state index contributed by atoms with van der Waals surface area (Å²) in [4.78, 5) is 19.6. The fraction of sp³-hybridized carbons (Fsp3) is 0.111. The highest BCUT2D eigenvalue weighted by atomic mass is 79.9. The van der Waals surface area contributed by atoms with Gasteiger partial charge in [-0.3, -0.25) is 4.79 Å². The SMILES string of the molecule is CC(Sc1ncc(-c2ccc(Br)cc2)[nH]1)C(=O)Nc1c(F)cccc1F. The summed E-state index contributed by atoms with van der Waals surface area (Å²) in [5, 5.41) is 2.23. The molecular weight excluding hydrogens is 424 g/mol. The quantitative estimate of drug-likeness (QED) is 0.536. The van der Waals surface area contributed by atoms with Gasteiger partial charge in [0.05, 0.1) is 17.1 Å². The number of carbonyl (C=O) groups is 1. The van der Waals surface area contributed by atoms with Crippen molar-refractivity contribution in [3.8, 4) is 11.3 Å². The third-order valence-electron chi connectivity index (χ3n) is 3.58. The molecule has 4 nitrogen and oxygen atoms in total. The molecule has 0 spiro atoms. The van der Waals surface area contributed by atoms with E-state index < -0.39 is 28.5 Å². The van der Waals surface area contributed by atoms with Crippen molar-refractivity contribution in [2.24, 2.45) is 0 Å². The van der Waals surface area contributed by atoms with Crippen molar-refractivity contribution in [3.05, 3.63) is 64.8 Å². The zero-order chi connectivity index (χ0) is 18.7. The molecule has 1 heterocycles. The third kappa shape index (κ3) is 4.31. The number of para-hydroxylation sites is 1. The normalized spacial score (nSPS) is 12.0. The molecule has 0 saturated carbocycles. The highest BCUT2D eigenvalue weighted by molar-refractivity contribution is 9.10. The fourth-order valence-corrected chi connectivity index (χ4v) is 3.25. The first-order chi connectivity index (χ1) is 12.4. The van der Waals surface area contributed by atoms with Crippen LogP contribution in [0.15, 0.2) is 58.3 Å². The molecule has 3 aromatic rings. The van der Waals surface area contributed by atoms with Gasteiger partial charge in [0.15, 0.2) is 5.16 Å². The number of amides is 1. The molecule has 8 heteroatoms. The van der Waals surface area contributed by atoms with E-state index in [1.165, 1.54) is 17.8 Å². The van der Waals surface area contributed by atoms with Gasteiger partial charge in [-0.1, -0.05) is 45.9 Å². The number of anilines is 1. The maximum absolute atomic E-state index is 13.6. The van der Waals surface area contributed by atoms with E-state index in [1.807, 2.05) is 24.3 Å². The van der Waals surface area contributed by atoms with Gasteiger partial charge < -0.3 is 10.3 Å². The molecule has 0 radical (unpaired) electrons. The molecule has 0 saturated heterocycles. The zero-order valence-electron chi connectivity index (χ0n) is 13.6. The molecule has 1 atom stereocenters. The number of thioether (sulfide) groups is 1. The van der Waals surface area contributed by atoms with Crippen LogP contribution in [0.1, 0.15) is 6.92 Å². The van der Waals surface area contributed by atoms with E-state index in [4.69, 9.17) is 0 Å². The maximum Gasteiger partial charge on any atom is 0.237 e. The van der Waals surface area contributed by atoms with Crippen LogP contribution in [0.5, 0.6) is 0 Å². The van der Waals surface area contributed by atoms with Crippen molar-refractivity contribution in [1.29, 1.82) is 0 Å². The van der Waals surface area contributed by atoms with E-state index in [1.54, 1.807) is 13.1 Å². The van der Waals surface area contributed by atoms with E-state index in [2.05, 4.69) is 31.2 Å². The molecule has 1 unspecified atom stereocenters. The summed E-state index contributed by atoms with van der Waals surface area (Å²) in [5.74, 6) is -2.14. The summed E-state index contributed by atoms with van der Waals surface area (Å²) in [6.07, 6.45) is 1.67. The average molecular weight is 438 g/mol. The second kappa shape index (κ2) is 8.01. The number of hydrogen-bond acceptors (Lipinski definition) is 3. The number of halogens is 3. The number of imidazole rings is 1. The lowest BCUT2D eigenvalue weighted by molar-refractivity contribution is -0.115. The van der Waals surface area contributed by atoms with Gasteiger partial charge in [-0.25, -0.2) is 13.8 Å². The Morgan fingerprint density at radius 2 is 1.85 bits per heavy atom. The molecule has 3 rings (SSSR count). The van der Waals surface area contributed by atoms with E-state index in [-0.39, 0.29) is 0 Å². The summed E-state index contributed by atoms with van der Waals surface area (Å²) in [6.45, 7) is 1.64. The molecule has 1 amide bonds. The Kier molecular flexibility index (Phi) is 5.73. The van der Waals surface area contributed by atoms with Gasteiger partial charge in [-0.15, -0.1) is 0 Å². The number of carbonyl (C=O) groups excluding carboxylic acids is 1. The minimum Gasteiger partial charge on any atom is -0.333 e. The average Bonchev–Trinajstić information content (AvgIpc) is 3.07. The van der Waals surface area contributed by atoms with Crippen molar-refractivity contribution in [1.82, 2.24) is 9.97 Å². The van der Waals surface area contributed by atoms with E-state index >= 15 is 0 Å². The van der Waals surface area contributed by atoms with Crippen molar-refractivity contribution >= 4 is 39.3 Å². The third-order valence-corrected chi connectivity index (χ3v) is 5.10. The number of aromatic nitrogens is 2. The number of nitrogens with one attached hydrogen (secondary N) is 2. The molecule has 0 aliphatic heterocycles. The van der Waals surface area contributed by atoms with Crippen LogP contribution in [0, 0.1) is 11.6 Å². The Hall–Kier alpha value is -2.19. The number of nitrogens with zero attached hydrogens (tertiary/aromatic N) is 1. The molecule has 2 aromatic carbocycles. The van der Waals surface area contributed by atoms with Crippen molar-refractivity contribution in [2.45, 2.75) is 17.3 Å². The van der Waals surface area contributed by atoms with Crippen LogP contribution >= 0.6 is 27.7 Å². The number of hydrogen-bond donors (Lipinski definition) is 2. The van der Waals surface area contributed by atoms with Crippen LogP contribution in [0.3, 0.4) is 0 Å². The molecule has 26 heavy (non-hydrogen) atoms. The Balaban J connectivity index is 1.67. The number of aromatic amines is 1. The topological polar surface area (TPSA) is 57.8 Å². The highest BCUT2D eigenvalue weighted by Crippen LogP contribution is 2.26. The molecule has 0 bridgehead atoms. The van der Waals surface area contributed by atoms with Gasteiger partial charge in [-0.2, -0.15) is 0 Å². The molecule has 0 fully saturated rings. The molecular formula is C18H14BrF2N3OS. The van der Waals surface area contributed by atoms with Crippen LogP contribution in [-0.2, 0) is 4.79 Å². The van der Waals surface area contributed by atoms with Crippen molar-refractivity contribution in [2.75, 3.05) is 5.32 Å². The first-order valence-electron chi connectivity index (χ1n) is 7.66. The number of benzene rings is 2. The number of H-pyrrole nitrogens is 1. The lowest BCUT2D eigenvalue weighted by Gasteiger charge is -2.11. The minimum atomic E-state index is -0.814. The van der Waals surface area contributed by atoms with E-state index in [0.29, 0.717) is 5.16 Å². The Morgan fingerprint density at radius 1 is 1.19 bits per heavy atom. The van der Waals surface area contributed by atoms with Gasteiger partial charge in [0, 0.05) is 4.47 Å². The molecule has 1 aromatic heterocycles. The lowest BCUT2D eigenvalue weighted by Crippen LogP contribution is -2.23. The standard InChI is InChI=1S/C18H14BrF2N3OS/c1-10(17(25)24-16-13(20)3-2-4-14(16)21)26-18-22-9-15(23-18)11-5-7-12(19)8-6-11/h2-10H,1H3,(H,22,23)(H,24,25). The molecule has 0 aliphatic rings. The van der Waals surface area contributed by atoms with Gasteiger partial charge in [0.25, 0.3) is 0 Å². The Labute approximate surface area is 161 Å². The first-order valence-corrected chi connectivity index (χ1v) is 9.34. The Morgan fingerprint density at radius 3 is 2.50 bits per heavy atom. The molecule has 2 N–H and O–H groups in total. The summed E-state index contributed by atoms with van der Waals surface area (Å²) in [5.41, 5.74) is 1.32. The highest BCUT2D eigenvalue weighted by Gasteiger charge is 2.19. The van der Waals surface area contributed by atoms with Gasteiger partial charge >= 0.3 is 0 Å². The predicted octanol–water partition coefficient (Wildman–Crippen LogP) is 5.24. The predicted molar refractivity (Wildman–Crippen MR) is 102 cm³/mol. The number of rotatable bonds is 5. The van der Waals surface area contributed by atoms with Gasteiger partial charge in [-0.05, 0) is 36.8 Å². The van der Waals surface area contributed by atoms with Crippen LogP contribution in [0.2, 0.25) is 0 Å². The zero-order valence-corrected chi connectivity index (χ0v) is 16.0. The largest absolute Gasteiger partial charge is 0.333 e. The van der Waals surface area contributed by atoms with Crippen LogP contribution < -0.4 is 5.32 Å². The van der Waals surface area contributed by atoms with Crippen LogP contribution in [0.25, 0.3) is 11.3 Å². The Bertz CT molecular complexity index is 910. The van der Waals surface area contributed by atoms with E-state index in [9.17, 15) is 13.6 Å². The first kappa shape index (κ1) is 18.6. The van der Waals surface area contributed by atoms with Crippen LogP contribution in [0.4, 0.5) is 14.5 Å². The molecule has 134 valence electrons. The summed E-state index contributed by atoms with van der Waals surface area (Å²) < 4.78 is 28.2. The fourth-order valence-electron chi connectivity index (χ4n) is 2.20. The monoisotopic (exact) mass is 437 g/mol. The van der Waals surface area contributed by atoms with Crippen molar-refractivity contribution in [3.63, 3.8) is 0 Å². The van der Waals surface area contributed by atoms with E-state index in [0.717, 1.165) is 27.9 Å². The molecule has 0 aliphatic carbocycles. The lowest BCUT2D eigenvalue weighted by atomic mass is 10.2. The van der Waals surface area contributed by atoms with Gasteiger partial charge in [0.1, 0.15) is 17.3 Å². The summed E-state index contributed by atoms with van der Waals surface area (Å²) >= 11 is 4.55. The minimum absolute atomic E-state index is 0.444.